The molecule has 1 N–H and O–H groups in total. The Morgan fingerprint density at radius 1 is 1.23 bits per heavy atom. The molecule has 1 atom stereocenters. The summed E-state index contributed by atoms with van der Waals surface area (Å²) in [6.45, 7) is 5.72. The van der Waals surface area contributed by atoms with Crippen molar-refractivity contribution in [3.05, 3.63) is 42.5 Å². The first-order valence-electron chi connectivity index (χ1n) is 10.6. The minimum absolute atomic E-state index is 0.158. The van der Waals surface area contributed by atoms with E-state index in [0.717, 1.165) is 38.3 Å². The first-order valence-corrected chi connectivity index (χ1v) is 10.6. The maximum absolute atomic E-state index is 14.6. The molecule has 2 aromatic heterocycles. The van der Waals surface area contributed by atoms with Crippen LogP contribution in [0.1, 0.15) is 19.8 Å². The number of morpholine rings is 1. The zero-order valence-electron chi connectivity index (χ0n) is 17.4. The third kappa shape index (κ3) is 3.81. The fraction of sp³-hybridized carbons (Fsp3) is 0.409. The van der Waals surface area contributed by atoms with Crippen molar-refractivity contribution in [3.8, 4) is 11.3 Å². The van der Waals surface area contributed by atoms with E-state index in [9.17, 15) is 9.18 Å². The van der Waals surface area contributed by atoms with Gasteiger partial charge in [0.25, 0.3) is 0 Å². The highest BCUT2D eigenvalue weighted by molar-refractivity contribution is 5.90. The van der Waals surface area contributed by atoms with Gasteiger partial charge in [-0.15, -0.1) is 0 Å². The predicted octanol–water partition coefficient (Wildman–Crippen LogP) is 3.39. The van der Waals surface area contributed by atoms with E-state index >= 15 is 0 Å². The fourth-order valence-corrected chi connectivity index (χ4v) is 4.26. The SMILES string of the molecule is CC1CCCN1C(=O)Nc1ccc(F)c(-c2ccn3c(N4CCOCC4)cnc3n2)c1. The number of imidazole rings is 1. The molecule has 3 aromatic rings. The summed E-state index contributed by atoms with van der Waals surface area (Å²) in [6, 6.07) is 6.38. The summed E-state index contributed by atoms with van der Waals surface area (Å²) in [6.07, 6.45) is 5.64. The number of likely N-dealkylation sites (tertiary alicyclic amines) is 1. The average molecular weight is 424 g/mol. The van der Waals surface area contributed by atoms with Crippen molar-refractivity contribution < 1.29 is 13.9 Å². The molecule has 0 radical (unpaired) electrons. The number of ether oxygens (including phenoxy) is 1. The van der Waals surface area contributed by atoms with Gasteiger partial charge in [-0.1, -0.05) is 0 Å². The highest BCUT2D eigenvalue weighted by Crippen LogP contribution is 2.27. The predicted molar refractivity (Wildman–Crippen MR) is 116 cm³/mol. The van der Waals surface area contributed by atoms with Crippen LogP contribution < -0.4 is 10.2 Å². The Morgan fingerprint density at radius 3 is 2.84 bits per heavy atom. The normalized spacial score (nSPS) is 19.2. The molecule has 1 aromatic carbocycles. The largest absolute Gasteiger partial charge is 0.378 e. The van der Waals surface area contributed by atoms with Crippen LogP contribution in [0.5, 0.6) is 0 Å². The van der Waals surface area contributed by atoms with Gasteiger partial charge in [-0.25, -0.2) is 19.2 Å². The molecule has 0 bridgehead atoms. The van der Waals surface area contributed by atoms with Gasteiger partial charge in [-0.2, -0.15) is 0 Å². The van der Waals surface area contributed by atoms with Crippen molar-refractivity contribution in [3.63, 3.8) is 0 Å². The van der Waals surface area contributed by atoms with Crippen molar-refractivity contribution in [1.29, 1.82) is 0 Å². The smallest absolute Gasteiger partial charge is 0.322 e. The van der Waals surface area contributed by atoms with Crippen LogP contribution in [0.3, 0.4) is 0 Å². The highest BCUT2D eigenvalue weighted by atomic mass is 19.1. The molecule has 2 aliphatic heterocycles. The van der Waals surface area contributed by atoms with Crippen LogP contribution in [-0.4, -0.2) is 64.2 Å². The second-order valence-corrected chi connectivity index (χ2v) is 8.01. The van der Waals surface area contributed by atoms with E-state index in [0.29, 0.717) is 35.9 Å². The summed E-state index contributed by atoms with van der Waals surface area (Å²) in [5.74, 6) is 1.04. The number of aromatic nitrogens is 3. The van der Waals surface area contributed by atoms with Crippen LogP contribution >= 0.6 is 0 Å². The Kier molecular flexibility index (Phi) is 5.19. The van der Waals surface area contributed by atoms with Gasteiger partial charge < -0.3 is 19.9 Å². The molecule has 1 unspecified atom stereocenters. The number of amides is 2. The number of carbonyl (C=O) groups is 1. The lowest BCUT2D eigenvalue weighted by Crippen LogP contribution is -2.37. The molecule has 9 heteroatoms. The van der Waals surface area contributed by atoms with Gasteiger partial charge in [-0.3, -0.25) is 4.40 Å². The van der Waals surface area contributed by atoms with Crippen LogP contribution in [-0.2, 0) is 4.74 Å². The van der Waals surface area contributed by atoms with Crippen LogP contribution in [0, 0.1) is 5.82 Å². The van der Waals surface area contributed by atoms with Gasteiger partial charge in [0.1, 0.15) is 11.6 Å². The number of benzene rings is 1. The van der Waals surface area contributed by atoms with Crippen molar-refractivity contribution in [1.82, 2.24) is 19.3 Å². The number of halogens is 1. The van der Waals surface area contributed by atoms with Gasteiger partial charge >= 0.3 is 6.03 Å². The summed E-state index contributed by atoms with van der Waals surface area (Å²) in [7, 11) is 0. The second kappa shape index (κ2) is 8.14. The molecule has 8 nitrogen and oxygen atoms in total. The number of anilines is 2. The maximum atomic E-state index is 14.6. The van der Waals surface area contributed by atoms with Crippen molar-refractivity contribution >= 4 is 23.3 Å². The number of rotatable bonds is 3. The van der Waals surface area contributed by atoms with Crippen LogP contribution in [0.25, 0.3) is 17.0 Å². The van der Waals surface area contributed by atoms with E-state index in [4.69, 9.17) is 4.74 Å². The quantitative estimate of drug-likeness (QED) is 0.698. The number of urea groups is 1. The molecule has 2 aliphatic rings. The van der Waals surface area contributed by atoms with Gasteiger partial charge in [0.05, 0.1) is 25.1 Å². The number of hydrogen-bond donors (Lipinski definition) is 1. The molecule has 5 rings (SSSR count). The van der Waals surface area contributed by atoms with E-state index in [2.05, 4.69) is 20.2 Å². The molecule has 0 aliphatic carbocycles. The summed E-state index contributed by atoms with van der Waals surface area (Å²) in [5.41, 5.74) is 1.33. The van der Waals surface area contributed by atoms with Crippen LogP contribution in [0.2, 0.25) is 0 Å². The van der Waals surface area contributed by atoms with Crippen molar-refractivity contribution in [2.45, 2.75) is 25.8 Å². The zero-order valence-corrected chi connectivity index (χ0v) is 17.4. The van der Waals surface area contributed by atoms with Gasteiger partial charge in [0, 0.05) is 43.1 Å². The first kappa shape index (κ1) is 19.7. The molecule has 2 saturated heterocycles. The molecule has 31 heavy (non-hydrogen) atoms. The lowest BCUT2D eigenvalue weighted by Gasteiger charge is -2.27. The number of nitrogens with zero attached hydrogens (tertiary/aromatic N) is 5. The molecular weight excluding hydrogens is 399 g/mol. The molecule has 0 saturated carbocycles. The van der Waals surface area contributed by atoms with E-state index in [-0.39, 0.29) is 12.1 Å². The van der Waals surface area contributed by atoms with Gasteiger partial charge in [0.2, 0.25) is 5.78 Å². The summed E-state index contributed by atoms with van der Waals surface area (Å²) >= 11 is 0. The Bertz CT molecular complexity index is 1110. The van der Waals surface area contributed by atoms with Crippen molar-refractivity contribution in [2.24, 2.45) is 0 Å². The minimum atomic E-state index is -0.399. The maximum Gasteiger partial charge on any atom is 0.322 e. The molecule has 4 heterocycles. The summed E-state index contributed by atoms with van der Waals surface area (Å²) in [5, 5.41) is 2.89. The Morgan fingerprint density at radius 2 is 2.06 bits per heavy atom. The Hall–Kier alpha value is -3.20. The monoisotopic (exact) mass is 424 g/mol. The molecule has 2 amide bonds. The highest BCUT2D eigenvalue weighted by Gasteiger charge is 2.25. The lowest BCUT2D eigenvalue weighted by atomic mass is 10.1. The summed E-state index contributed by atoms with van der Waals surface area (Å²) < 4.78 is 22.0. The summed E-state index contributed by atoms with van der Waals surface area (Å²) in [4.78, 5) is 25.5. The van der Waals surface area contributed by atoms with Crippen molar-refractivity contribution in [2.75, 3.05) is 43.1 Å². The van der Waals surface area contributed by atoms with E-state index in [1.807, 2.05) is 22.4 Å². The standard InChI is InChI=1S/C22H25FN6O2/c1-15-3-2-7-28(15)22(30)25-16-4-5-18(23)17(13-16)19-6-8-29-20(14-24-21(29)26-19)27-9-11-31-12-10-27/h4-6,8,13-15H,2-3,7,9-12H2,1H3,(H,25,30). The number of hydrogen-bond acceptors (Lipinski definition) is 5. The number of nitrogens with one attached hydrogen (secondary N) is 1. The Balaban J connectivity index is 1.41. The molecule has 0 spiro atoms. The van der Waals surface area contributed by atoms with Gasteiger partial charge in [0.15, 0.2) is 0 Å². The number of fused-ring (bicyclic) bond motifs is 1. The van der Waals surface area contributed by atoms with E-state index < -0.39 is 5.82 Å². The van der Waals surface area contributed by atoms with Crippen LogP contribution in [0.4, 0.5) is 20.7 Å². The molecule has 2 fully saturated rings. The van der Waals surface area contributed by atoms with Crippen LogP contribution in [0.15, 0.2) is 36.7 Å². The molecular formula is C22H25FN6O2. The topological polar surface area (TPSA) is 75.0 Å². The lowest BCUT2D eigenvalue weighted by molar-refractivity contribution is 0.122. The van der Waals surface area contributed by atoms with E-state index in [1.165, 1.54) is 6.07 Å². The van der Waals surface area contributed by atoms with Gasteiger partial charge in [-0.05, 0) is 44.0 Å². The minimum Gasteiger partial charge on any atom is -0.378 e. The second-order valence-electron chi connectivity index (χ2n) is 8.01. The Labute approximate surface area is 179 Å². The molecule has 162 valence electrons. The average Bonchev–Trinajstić information content (AvgIpc) is 3.41. The third-order valence-electron chi connectivity index (χ3n) is 6.00. The first-order chi connectivity index (χ1) is 15.1. The van der Waals surface area contributed by atoms with E-state index in [1.54, 1.807) is 24.4 Å². The third-order valence-corrected chi connectivity index (χ3v) is 6.00. The number of carbonyl (C=O) groups excluding carboxylic acids is 1. The fourth-order valence-electron chi connectivity index (χ4n) is 4.26. The zero-order chi connectivity index (χ0) is 21.4.